The Morgan fingerprint density at radius 2 is 1.47 bits per heavy atom. The second-order valence-electron chi connectivity index (χ2n) is 9.29. The molecule has 0 spiro atoms. The number of morpholine rings is 2. The molecular formula is C26H31N5O4S. The molecule has 0 radical (unpaired) electrons. The number of nitrogens with zero attached hydrogens (tertiary/aromatic N) is 5. The monoisotopic (exact) mass is 509 g/mol. The van der Waals surface area contributed by atoms with E-state index in [-0.39, 0.29) is 25.4 Å². The molecular weight excluding hydrogens is 478 g/mol. The van der Waals surface area contributed by atoms with Crippen LogP contribution in [0.1, 0.15) is 16.7 Å². The van der Waals surface area contributed by atoms with E-state index in [1.165, 1.54) is 16.1 Å². The molecule has 10 heteroatoms. The summed E-state index contributed by atoms with van der Waals surface area (Å²) in [5, 5.41) is 17.9. The van der Waals surface area contributed by atoms with Crippen LogP contribution in [0.2, 0.25) is 0 Å². The molecule has 4 rings (SSSR count). The lowest BCUT2D eigenvalue weighted by molar-refractivity contribution is -0.140. The van der Waals surface area contributed by atoms with Crippen molar-refractivity contribution in [2.45, 2.75) is 18.8 Å². The smallest absolute Gasteiger partial charge is 0.211 e. The highest BCUT2D eigenvalue weighted by atomic mass is 32.2. The highest BCUT2D eigenvalue weighted by Gasteiger charge is 2.35. The summed E-state index contributed by atoms with van der Waals surface area (Å²) in [5.74, 6) is 0.606. The van der Waals surface area contributed by atoms with E-state index in [0.29, 0.717) is 30.0 Å². The van der Waals surface area contributed by atoms with Gasteiger partial charge in [-0.15, -0.1) is 0 Å². The summed E-state index contributed by atoms with van der Waals surface area (Å²) >= 11 is 0. The first-order valence-electron chi connectivity index (χ1n) is 12.0. The van der Waals surface area contributed by atoms with Crippen LogP contribution < -0.4 is 4.74 Å². The fourth-order valence-corrected chi connectivity index (χ4v) is 5.52. The van der Waals surface area contributed by atoms with Crippen molar-refractivity contribution in [1.82, 2.24) is 14.1 Å². The van der Waals surface area contributed by atoms with Gasteiger partial charge in [0.1, 0.15) is 12.4 Å². The fraction of sp³-hybridized carbons (Fsp3) is 0.462. The molecule has 2 atom stereocenters. The Morgan fingerprint density at radius 3 is 2.03 bits per heavy atom. The minimum atomic E-state index is -3.37. The Hall–Kier alpha value is -2.99. The van der Waals surface area contributed by atoms with E-state index in [9.17, 15) is 8.42 Å². The first kappa shape index (κ1) is 26.1. The average Bonchev–Trinajstić information content (AvgIpc) is 2.85. The Balaban J connectivity index is 1.24. The zero-order chi connectivity index (χ0) is 25.5. The third kappa shape index (κ3) is 7.26. The molecule has 36 heavy (non-hydrogen) atoms. The molecule has 2 heterocycles. The van der Waals surface area contributed by atoms with Gasteiger partial charge in [-0.3, -0.25) is 9.80 Å². The van der Waals surface area contributed by atoms with E-state index < -0.39 is 10.0 Å². The van der Waals surface area contributed by atoms with Crippen molar-refractivity contribution in [2.75, 3.05) is 58.7 Å². The van der Waals surface area contributed by atoms with Gasteiger partial charge in [-0.25, -0.2) is 8.42 Å². The van der Waals surface area contributed by atoms with Gasteiger partial charge in [-0.1, -0.05) is 12.1 Å². The fourth-order valence-electron chi connectivity index (χ4n) is 4.70. The van der Waals surface area contributed by atoms with Crippen LogP contribution in [0.5, 0.6) is 5.75 Å². The van der Waals surface area contributed by atoms with Crippen LogP contribution >= 0.6 is 0 Å². The number of nitriles is 2. The zero-order valence-corrected chi connectivity index (χ0v) is 21.2. The van der Waals surface area contributed by atoms with Gasteiger partial charge in [0, 0.05) is 52.4 Å². The molecule has 0 N–H and O–H groups in total. The quantitative estimate of drug-likeness (QED) is 0.476. The van der Waals surface area contributed by atoms with E-state index in [4.69, 9.17) is 20.0 Å². The second kappa shape index (κ2) is 11.8. The van der Waals surface area contributed by atoms with Crippen molar-refractivity contribution < 1.29 is 17.9 Å². The number of rotatable bonds is 10. The first-order chi connectivity index (χ1) is 17.3. The van der Waals surface area contributed by atoms with Crippen molar-refractivity contribution in [2.24, 2.45) is 0 Å². The lowest BCUT2D eigenvalue weighted by Gasteiger charge is -2.46. The molecule has 2 unspecified atom stereocenters. The van der Waals surface area contributed by atoms with Crippen LogP contribution in [0.3, 0.4) is 0 Å². The summed E-state index contributed by atoms with van der Waals surface area (Å²) < 4.78 is 38.0. The van der Waals surface area contributed by atoms with Gasteiger partial charge in [0.25, 0.3) is 0 Å². The van der Waals surface area contributed by atoms with Crippen molar-refractivity contribution >= 4 is 10.0 Å². The maximum Gasteiger partial charge on any atom is 0.211 e. The first-order valence-corrected chi connectivity index (χ1v) is 13.8. The minimum Gasteiger partial charge on any atom is -0.492 e. The molecule has 2 aromatic carbocycles. The number of benzene rings is 2. The molecule has 2 bridgehead atoms. The van der Waals surface area contributed by atoms with Crippen molar-refractivity contribution in [1.29, 1.82) is 10.5 Å². The molecule has 2 aliphatic rings. The molecule has 2 aromatic rings. The Bertz CT molecular complexity index is 1190. The molecule has 2 aliphatic heterocycles. The lowest BCUT2D eigenvalue weighted by Crippen LogP contribution is -2.60. The number of fused-ring (bicyclic) bond motifs is 2. The minimum absolute atomic E-state index is 0.0854. The van der Waals surface area contributed by atoms with Crippen LogP contribution in [0, 0.1) is 22.7 Å². The summed E-state index contributed by atoms with van der Waals surface area (Å²) in [4.78, 5) is 4.68. The Morgan fingerprint density at radius 1 is 0.917 bits per heavy atom. The Labute approximate surface area is 213 Å². The second-order valence-corrected chi connectivity index (χ2v) is 11.3. The van der Waals surface area contributed by atoms with Gasteiger partial charge < -0.3 is 9.47 Å². The van der Waals surface area contributed by atoms with Crippen molar-refractivity contribution in [3.63, 3.8) is 0 Å². The van der Waals surface area contributed by atoms with Crippen LogP contribution in [0.25, 0.3) is 0 Å². The molecule has 0 aromatic heterocycles. The van der Waals surface area contributed by atoms with E-state index in [2.05, 4.69) is 21.9 Å². The molecule has 190 valence electrons. The standard InChI is InChI=1S/C26H31N5O4S/c1-36(32,33)31(12-13-34-24-8-6-22(15-28)7-9-24)11-10-29-17-25-19-30(20-26(18-29)35-25)16-23-4-2-21(14-27)3-5-23/h2-9,25-26H,10-13,16-20H2,1H3. The van der Waals surface area contributed by atoms with Gasteiger partial charge in [0.05, 0.1) is 41.7 Å². The number of sulfonamides is 1. The predicted octanol–water partition coefficient (Wildman–Crippen LogP) is 1.66. The zero-order valence-electron chi connectivity index (χ0n) is 20.4. The van der Waals surface area contributed by atoms with Gasteiger partial charge in [-0.05, 0) is 42.0 Å². The maximum atomic E-state index is 12.3. The third-order valence-electron chi connectivity index (χ3n) is 6.45. The molecule has 0 aliphatic carbocycles. The maximum absolute atomic E-state index is 12.3. The number of hydrogen-bond acceptors (Lipinski definition) is 8. The van der Waals surface area contributed by atoms with E-state index >= 15 is 0 Å². The predicted molar refractivity (Wildman–Crippen MR) is 135 cm³/mol. The molecule has 2 saturated heterocycles. The van der Waals surface area contributed by atoms with E-state index in [0.717, 1.165) is 32.7 Å². The molecule has 9 nitrogen and oxygen atoms in total. The Kier molecular flexibility index (Phi) is 8.57. The molecule has 0 amide bonds. The summed E-state index contributed by atoms with van der Waals surface area (Å²) in [6.45, 7) is 5.51. The van der Waals surface area contributed by atoms with E-state index in [1.54, 1.807) is 24.3 Å². The van der Waals surface area contributed by atoms with Crippen molar-refractivity contribution in [3.05, 3.63) is 65.2 Å². The highest BCUT2D eigenvalue weighted by molar-refractivity contribution is 7.88. The summed E-state index contributed by atoms with van der Waals surface area (Å²) in [6.07, 6.45) is 1.40. The molecule has 0 saturated carbocycles. The van der Waals surface area contributed by atoms with Crippen LogP contribution in [0.4, 0.5) is 0 Å². The lowest BCUT2D eigenvalue weighted by atomic mass is 10.1. The SMILES string of the molecule is CS(=O)(=O)N(CCOc1ccc(C#N)cc1)CCN1CC2CN(Cc3ccc(C#N)cc3)CC(C1)O2. The molecule has 2 fully saturated rings. The number of hydrogen-bond donors (Lipinski definition) is 0. The largest absolute Gasteiger partial charge is 0.492 e. The summed E-state index contributed by atoms with van der Waals surface area (Å²) in [5.41, 5.74) is 2.39. The van der Waals surface area contributed by atoms with Gasteiger partial charge in [0.2, 0.25) is 10.0 Å². The number of ether oxygens (including phenoxy) is 2. The third-order valence-corrected chi connectivity index (χ3v) is 7.75. The summed E-state index contributed by atoms with van der Waals surface area (Å²) in [7, 11) is -3.37. The average molecular weight is 510 g/mol. The topological polar surface area (TPSA) is 110 Å². The van der Waals surface area contributed by atoms with Gasteiger partial charge in [-0.2, -0.15) is 14.8 Å². The van der Waals surface area contributed by atoms with Crippen molar-refractivity contribution in [3.8, 4) is 17.9 Å². The van der Waals surface area contributed by atoms with Crippen LogP contribution in [-0.4, -0.2) is 93.4 Å². The normalized spacial score (nSPS) is 20.6. The van der Waals surface area contributed by atoms with Gasteiger partial charge >= 0.3 is 0 Å². The van der Waals surface area contributed by atoms with Crippen LogP contribution in [0.15, 0.2) is 48.5 Å². The summed E-state index contributed by atoms with van der Waals surface area (Å²) in [6, 6.07) is 18.7. The van der Waals surface area contributed by atoms with E-state index in [1.807, 2.05) is 24.3 Å². The van der Waals surface area contributed by atoms with Crippen LogP contribution in [-0.2, 0) is 21.3 Å². The highest BCUT2D eigenvalue weighted by Crippen LogP contribution is 2.21. The van der Waals surface area contributed by atoms with Gasteiger partial charge in [0.15, 0.2) is 0 Å².